The van der Waals surface area contributed by atoms with Crippen LogP contribution in [0.1, 0.15) is 13.8 Å². The normalized spacial score (nSPS) is 12.0. The Balaban J connectivity index is 2.27. The van der Waals surface area contributed by atoms with E-state index in [1.54, 1.807) is 24.3 Å². The molecule has 0 spiro atoms. The predicted molar refractivity (Wildman–Crippen MR) is 79.9 cm³/mol. The van der Waals surface area contributed by atoms with E-state index < -0.39 is 10.2 Å². The minimum atomic E-state index is -3.71. The molecule has 1 aromatic heterocycles. The Kier molecular flexibility index (Phi) is 4.42. The van der Waals surface area contributed by atoms with Crippen molar-refractivity contribution >= 4 is 38.7 Å². The zero-order chi connectivity index (χ0) is 14.8. The maximum atomic E-state index is 11.8. The number of hydrogen-bond donors (Lipinski definition) is 2. The summed E-state index contributed by atoms with van der Waals surface area (Å²) < 4.78 is 28.4. The van der Waals surface area contributed by atoms with Crippen LogP contribution >= 0.6 is 11.6 Å². The molecule has 1 aromatic carbocycles. The summed E-state index contributed by atoms with van der Waals surface area (Å²) in [5, 5.41) is 0.0126. The second kappa shape index (κ2) is 5.90. The van der Waals surface area contributed by atoms with Crippen LogP contribution in [-0.2, 0) is 10.2 Å². The van der Waals surface area contributed by atoms with E-state index in [1.807, 2.05) is 13.8 Å². The van der Waals surface area contributed by atoms with Crippen molar-refractivity contribution in [3.05, 3.63) is 29.4 Å². The molecule has 8 heteroatoms. The first-order valence-corrected chi connectivity index (χ1v) is 7.93. The molecule has 2 aromatic rings. The molecule has 0 radical (unpaired) electrons. The van der Waals surface area contributed by atoms with Crippen molar-refractivity contribution in [3.63, 3.8) is 0 Å². The summed E-state index contributed by atoms with van der Waals surface area (Å²) in [5.41, 5.74) is 1.18. The summed E-state index contributed by atoms with van der Waals surface area (Å²) in [6.07, 6.45) is 0. The molecule has 0 aliphatic carbocycles. The van der Waals surface area contributed by atoms with E-state index in [0.717, 1.165) is 0 Å². The Morgan fingerprint density at radius 1 is 1.20 bits per heavy atom. The quantitative estimate of drug-likeness (QED) is 0.886. The fourth-order valence-electron chi connectivity index (χ4n) is 1.48. The van der Waals surface area contributed by atoms with Gasteiger partial charge in [-0.15, -0.1) is 0 Å². The Labute approximate surface area is 122 Å². The van der Waals surface area contributed by atoms with Crippen LogP contribution in [0.4, 0.5) is 5.82 Å². The SMILES string of the molecule is CC(C)CNS(=O)(=O)Nc1nc2ccccc2nc1Cl. The Hall–Kier alpha value is -1.44. The standard InChI is InChI=1S/C12H15ClN4O2S/c1-8(2)7-14-20(18,19)17-12-11(13)15-9-5-3-4-6-10(9)16-12/h3-6,8,14H,7H2,1-2H3,(H,16,17). The average molecular weight is 315 g/mol. The highest BCUT2D eigenvalue weighted by Crippen LogP contribution is 2.21. The van der Waals surface area contributed by atoms with Gasteiger partial charge in [-0.2, -0.15) is 13.1 Å². The van der Waals surface area contributed by atoms with Gasteiger partial charge >= 0.3 is 0 Å². The number of hydrogen-bond acceptors (Lipinski definition) is 4. The molecule has 0 fully saturated rings. The van der Waals surface area contributed by atoms with Crippen LogP contribution in [-0.4, -0.2) is 24.9 Å². The highest BCUT2D eigenvalue weighted by molar-refractivity contribution is 7.90. The second-order valence-corrected chi connectivity index (χ2v) is 6.56. The molecule has 0 atom stereocenters. The van der Waals surface area contributed by atoms with E-state index in [-0.39, 0.29) is 16.9 Å². The van der Waals surface area contributed by atoms with Crippen molar-refractivity contribution in [3.8, 4) is 0 Å². The highest BCUT2D eigenvalue weighted by Gasteiger charge is 2.15. The van der Waals surface area contributed by atoms with Crippen LogP contribution in [0.3, 0.4) is 0 Å². The molecule has 0 aliphatic heterocycles. The zero-order valence-electron chi connectivity index (χ0n) is 11.1. The lowest BCUT2D eigenvalue weighted by molar-refractivity contribution is 0.564. The Morgan fingerprint density at radius 2 is 1.80 bits per heavy atom. The molecule has 1 heterocycles. The van der Waals surface area contributed by atoms with E-state index >= 15 is 0 Å². The summed E-state index contributed by atoms with van der Waals surface area (Å²) in [7, 11) is -3.71. The van der Waals surface area contributed by atoms with Gasteiger partial charge in [-0.1, -0.05) is 37.6 Å². The van der Waals surface area contributed by atoms with Crippen molar-refractivity contribution in [1.29, 1.82) is 0 Å². The molecule has 20 heavy (non-hydrogen) atoms. The number of nitrogens with one attached hydrogen (secondary N) is 2. The van der Waals surface area contributed by atoms with E-state index in [9.17, 15) is 8.42 Å². The molecule has 108 valence electrons. The third-order valence-corrected chi connectivity index (χ3v) is 3.71. The highest BCUT2D eigenvalue weighted by atomic mass is 35.5. The van der Waals surface area contributed by atoms with Gasteiger partial charge in [-0.3, -0.25) is 4.72 Å². The Bertz CT molecular complexity index is 718. The second-order valence-electron chi connectivity index (χ2n) is 4.70. The summed E-state index contributed by atoms with van der Waals surface area (Å²) in [5.74, 6) is 0.214. The first-order chi connectivity index (χ1) is 9.37. The number of benzene rings is 1. The van der Waals surface area contributed by atoms with Gasteiger partial charge < -0.3 is 0 Å². The van der Waals surface area contributed by atoms with Gasteiger partial charge in [-0.25, -0.2) is 9.97 Å². The number of rotatable bonds is 5. The summed E-state index contributed by atoms with van der Waals surface area (Å²) in [6, 6.07) is 7.09. The van der Waals surface area contributed by atoms with Crippen LogP contribution in [0, 0.1) is 5.92 Å². The van der Waals surface area contributed by atoms with Gasteiger partial charge in [0.05, 0.1) is 11.0 Å². The van der Waals surface area contributed by atoms with Crippen molar-refractivity contribution in [2.45, 2.75) is 13.8 Å². The molecule has 0 bridgehead atoms. The molecule has 2 rings (SSSR count). The molecule has 6 nitrogen and oxygen atoms in total. The Morgan fingerprint density at radius 3 is 2.40 bits per heavy atom. The molecule has 0 unspecified atom stereocenters. The maximum Gasteiger partial charge on any atom is 0.300 e. The van der Waals surface area contributed by atoms with Crippen LogP contribution in [0.15, 0.2) is 24.3 Å². The summed E-state index contributed by atoms with van der Waals surface area (Å²) >= 11 is 5.94. The minimum absolute atomic E-state index is 0.0126. The third-order valence-electron chi connectivity index (χ3n) is 2.44. The molecule has 0 saturated carbocycles. The molecule has 0 saturated heterocycles. The van der Waals surface area contributed by atoms with Gasteiger partial charge in [0, 0.05) is 6.54 Å². The molecule has 2 N–H and O–H groups in total. The number of aromatic nitrogens is 2. The van der Waals surface area contributed by atoms with Gasteiger partial charge in [0.15, 0.2) is 11.0 Å². The lowest BCUT2D eigenvalue weighted by Gasteiger charge is -2.11. The first kappa shape index (κ1) is 15.0. The number of anilines is 1. The van der Waals surface area contributed by atoms with Crippen LogP contribution < -0.4 is 9.44 Å². The van der Waals surface area contributed by atoms with E-state index in [4.69, 9.17) is 11.6 Å². The fraction of sp³-hybridized carbons (Fsp3) is 0.333. The van der Waals surface area contributed by atoms with Gasteiger partial charge in [0.1, 0.15) is 0 Å². The minimum Gasteiger partial charge on any atom is -0.252 e. The van der Waals surface area contributed by atoms with Crippen LogP contribution in [0.25, 0.3) is 11.0 Å². The molecule has 0 aliphatic rings. The number of nitrogens with zero attached hydrogens (tertiary/aromatic N) is 2. The van der Waals surface area contributed by atoms with E-state index in [1.165, 1.54) is 0 Å². The number of halogens is 1. The fourth-order valence-corrected chi connectivity index (χ4v) is 2.74. The number of fused-ring (bicyclic) bond motifs is 1. The van der Waals surface area contributed by atoms with E-state index in [0.29, 0.717) is 17.6 Å². The first-order valence-electron chi connectivity index (χ1n) is 6.07. The van der Waals surface area contributed by atoms with E-state index in [2.05, 4.69) is 19.4 Å². The topological polar surface area (TPSA) is 84.0 Å². The summed E-state index contributed by atoms with van der Waals surface area (Å²) in [4.78, 5) is 8.27. The van der Waals surface area contributed by atoms with Crippen molar-refractivity contribution in [2.75, 3.05) is 11.3 Å². The van der Waals surface area contributed by atoms with Gasteiger partial charge in [0.2, 0.25) is 0 Å². The maximum absolute atomic E-state index is 11.8. The van der Waals surface area contributed by atoms with Crippen LogP contribution in [0.2, 0.25) is 5.15 Å². The lowest BCUT2D eigenvalue weighted by Crippen LogP contribution is -2.33. The zero-order valence-corrected chi connectivity index (χ0v) is 12.7. The largest absolute Gasteiger partial charge is 0.300 e. The average Bonchev–Trinajstić information content (AvgIpc) is 2.37. The lowest BCUT2D eigenvalue weighted by atomic mass is 10.2. The van der Waals surface area contributed by atoms with Crippen molar-refractivity contribution in [1.82, 2.24) is 14.7 Å². The number of para-hydroxylation sites is 2. The summed E-state index contributed by atoms with van der Waals surface area (Å²) in [6.45, 7) is 4.14. The van der Waals surface area contributed by atoms with Crippen LogP contribution in [0.5, 0.6) is 0 Å². The van der Waals surface area contributed by atoms with Gasteiger partial charge in [-0.05, 0) is 18.1 Å². The van der Waals surface area contributed by atoms with Crippen molar-refractivity contribution < 1.29 is 8.42 Å². The third kappa shape index (κ3) is 3.78. The van der Waals surface area contributed by atoms with Crippen molar-refractivity contribution in [2.24, 2.45) is 5.92 Å². The smallest absolute Gasteiger partial charge is 0.252 e. The molecular formula is C12H15ClN4O2S. The van der Waals surface area contributed by atoms with Gasteiger partial charge in [0.25, 0.3) is 10.2 Å². The predicted octanol–water partition coefficient (Wildman–Crippen LogP) is 2.19. The monoisotopic (exact) mass is 314 g/mol. The molecule has 0 amide bonds. The molecular weight excluding hydrogens is 300 g/mol.